The molecule has 2 aromatic carbocycles. The minimum Gasteiger partial charge on any atom is -0.399 e. The normalized spacial score (nSPS) is 16.9. The molecule has 2 aromatic rings. The van der Waals surface area contributed by atoms with Crippen LogP contribution in [0.3, 0.4) is 0 Å². The van der Waals surface area contributed by atoms with Gasteiger partial charge in [0, 0.05) is 11.4 Å². The van der Waals surface area contributed by atoms with E-state index >= 15 is 0 Å². The van der Waals surface area contributed by atoms with Crippen LogP contribution in [-0.4, -0.2) is 23.1 Å². The van der Waals surface area contributed by atoms with E-state index in [1.165, 1.54) is 0 Å². The SMILES string of the molecule is Nc1ccc(C2=CCN(N)C(C3=CC(c4ccc(N)cc4)=CCN3N)=C2)cc1. The molecule has 0 amide bonds. The fraction of sp³-hybridized carbons (Fsp3) is 0.0909. The van der Waals surface area contributed by atoms with Gasteiger partial charge in [-0.25, -0.2) is 11.7 Å². The van der Waals surface area contributed by atoms with Gasteiger partial charge < -0.3 is 21.5 Å². The molecule has 0 spiro atoms. The van der Waals surface area contributed by atoms with Crippen LogP contribution in [0.15, 0.2) is 84.2 Å². The van der Waals surface area contributed by atoms with E-state index in [4.69, 9.17) is 23.2 Å². The van der Waals surface area contributed by atoms with Crippen molar-refractivity contribution in [2.45, 2.75) is 0 Å². The van der Waals surface area contributed by atoms with Gasteiger partial charge in [-0.3, -0.25) is 0 Å². The van der Waals surface area contributed by atoms with Gasteiger partial charge in [0.2, 0.25) is 0 Å². The zero-order valence-electron chi connectivity index (χ0n) is 15.5. The van der Waals surface area contributed by atoms with E-state index in [2.05, 4.69) is 24.3 Å². The lowest BCUT2D eigenvalue weighted by molar-refractivity contribution is 0.336. The van der Waals surface area contributed by atoms with Crippen LogP contribution in [0.4, 0.5) is 11.4 Å². The molecule has 0 saturated heterocycles. The molecule has 0 atom stereocenters. The van der Waals surface area contributed by atoms with E-state index in [0.717, 1.165) is 45.0 Å². The first-order valence-corrected chi connectivity index (χ1v) is 9.11. The van der Waals surface area contributed by atoms with Gasteiger partial charge >= 0.3 is 0 Å². The van der Waals surface area contributed by atoms with Crippen molar-refractivity contribution in [2.75, 3.05) is 24.6 Å². The fourth-order valence-electron chi connectivity index (χ4n) is 3.36. The quantitative estimate of drug-likeness (QED) is 0.487. The van der Waals surface area contributed by atoms with Crippen LogP contribution in [0, 0.1) is 0 Å². The number of nitrogens with two attached hydrogens (primary N) is 4. The largest absolute Gasteiger partial charge is 0.399 e. The van der Waals surface area contributed by atoms with Crippen molar-refractivity contribution in [1.29, 1.82) is 0 Å². The Morgan fingerprint density at radius 2 is 0.929 bits per heavy atom. The summed E-state index contributed by atoms with van der Waals surface area (Å²) in [5, 5.41) is 3.41. The number of rotatable bonds is 3. The molecule has 2 heterocycles. The van der Waals surface area contributed by atoms with E-state index in [1.807, 2.05) is 48.5 Å². The highest BCUT2D eigenvalue weighted by atomic mass is 15.5. The van der Waals surface area contributed by atoms with E-state index in [0.29, 0.717) is 13.1 Å². The van der Waals surface area contributed by atoms with Crippen LogP contribution < -0.4 is 23.2 Å². The standard InChI is InChI=1S/C22H24N6/c23-19-5-1-15(2-6-19)17-9-11-27(25)21(13-17)22-14-18(10-12-28(22)26)16-3-7-20(24)8-4-16/h1-10,13-14H,11-12,23-26H2. The van der Waals surface area contributed by atoms with E-state index < -0.39 is 0 Å². The van der Waals surface area contributed by atoms with Crippen LogP contribution in [-0.2, 0) is 0 Å². The summed E-state index contributed by atoms with van der Waals surface area (Å²) in [5.41, 5.74) is 19.2. The molecule has 142 valence electrons. The maximum atomic E-state index is 6.28. The van der Waals surface area contributed by atoms with Gasteiger partial charge in [-0.2, -0.15) is 0 Å². The minimum atomic E-state index is 0.595. The van der Waals surface area contributed by atoms with Crippen molar-refractivity contribution in [3.63, 3.8) is 0 Å². The third-order valence-electron chi connectivity index (χ3n) is 4.97. The molecule has 0 radical (unpaired) electrons. The molecule has 0 aliphatic carbocycles. The molecular weight excluding hydrogens is 348 g/mol. The topological polar surface area (TPSA) is 111 Å². The first kappa shape index (κ1) is 17.9. The summed E-state index contributed by atoms with van der Waals surface area (Å²) in [5.74, 6) is 12.6. The van der Waals surface area contributed by atoms with Crippen LogP contribution in [0.2, 0.25) is 0 Å². The highest BCUT2D eigenvalue weighted by Gasteiger charge is 2.22. The van der Waals surface area contributed by atoms with Crippen LogP contribution in [0.5, 0.6) is 0 Å². The Balaban J connectivity index is 1.70. The third kappa shape index (κ3) is 3.51. The van der Waals surface area contributed by atoms with Crippen molar-refractivity contribution in [3.8, 4) is 0 Å². The van der Waals surface area contributed by atoms with Gasteiger partial charge in [-0.05, 0) is 58.7 Å². The number of hydrogen-bond donors (Lipinski definition) is 4. The van der Waals surface area contributed by atoms with E-state index in [9.17, 15) is 0 Å². The molecule has 2 aliphatic rings. The average Bonchev–Trinajstić information content (AvgIpc) is 2.70. The number of hydrazine groups is 2. The number of anilines is 2. The highest BCUT2D eigenvalue weighted by Crippen LogP contribution is 2.31. The molecule has 28 heavy (non-hydrogen) atoms. The lowest BCUT2D eigenvalue weighted by Crippen LogP contribution is -2.41. The predicted molar refractivity (Wildman–Crippen MR) is 116 cm³/mol. The smallest absolute Gasteiger partial charge is 0.0774 e. The molecule has 0 aromatic heterocycles. The van der Waals surface area contributed by atoms with Gasteiger partial charge in [0.25, 0.3) is 0 Å². The van der Waals surface area contributed by atoms with E-state index in [1.54, 1.807) is 10.0 Å². The summed E-state index contributed by atoms with van der Waals surface area (Å²) in [7, 11) is 0. The molecule has 0 saturated carbocycles. The second-order valence-corrected chi connectivity index (χ2v) is 6.93. The zero-order valence-corrected chi connectivity index (χ0v) is 15.5. The molecule has 6 heteroatoms. The Bertz CT molecular complexity index is 913. The number of nitrogens with zero attached hydrogens (tertiary/aromatic N) is 2. The number of nitrogen functional groups attached to an aromatic ring is 2. The summed E-state index contributed by atoms with van der Waals surface area (Å²) >= 11 is 0. The molecule has 8 N–H and O–H groups in total. The van der Waals surface area contributed by atoms with Crippen LogP contribution >= 0.6 is 0 Å². The summed E-state index contributed by atoms with van der Waals surface area (Å²) < 4.78 is 0. The zero-order chi connectivity index (χ0) is 19.7. The molecule has 4 rings (SSSR count). The summed E-state index contributed by atoms with van der Waals surface area (Å²) in [6.45, 7) is 1.19. The Kier molecular flexibility index (Phi) is 4.65. The van der Waals surface area contributed by atoms with Gasteiger partial charge in [0.1, 0.15) is 0 Å². The third-order valence-corrected chi connectivity index (χ3v) is 4.97. The average molecular weight is 372 g/mol. The molecule has 0 fully saturated rings. The highest BCUT2D eigenvalue weighted by molar-refractivity contribution is 5.80. The van der Waals surface area contributed by atoms with Crippen LogP contribution in [0.1, 0.15) is 11.1 Å². The molecule has 6 nitrogen and oxygen atoms in total. The Morgan fingerprint density at radius 1 is 0.571 bits per heavy atom. The van der Waals surface area contributed by atoms with Crippen molar-refractivity contribution < 1.29 is 0 Å². The first-order chi connectivity index (χ1) is 13.5. The van der Waals surface area contributed by atoms with Crippen LogP contribution in [0.25, 0.3) is 11.1 Å². The lowest BCUT2D eigenvalue weighted by Gasteiger charge is -2.33. The van der Waals surface area contributed by atoms with Crippen molar-refractivity contribution >= 4 is 22.5 Å². The van der Waals surface area contributed by atoms with E-state index in [-0.39, 0.29) is 0 Å². The molecular formula is C22H24N6. The van der Waals surface area contributed by atoms with Gasteiger partial charge in [-0.1, -0.05) is 36.4 Å². The van der Waals surface area contributed by atoms with Gasteiger partial charge in [-0.15, -0.1) is 0 Å². The molecule has 0 bridgehead atoms. The minimum absolute atomic E-state index is 0.595. The maximum absolute atomic E-state index is 6.28. The second-order valence-electron chi connectivity index (χ2n) is 6.93. The summed E-state index contributed by atoms with van der Waals surface area (Å²) in [6, 6.07) is 15.6. The Hall–Kier alpha value is -3.48. The number of hydrogen-bond acceptors (Lipinski definition) is 6. The molecule has 0 unspecified atom stereocenters. The molecule has 2 aliphatic heterocycles. The van der Waals surface area contributed by atoms with Crippen molar-refractivity contribution in [1.82, 2.24) is 10.0 Å². The Morgan fingerprint density at radius 3 is 1.29 bits per heavy atom. The van der Waals surface area contributed by atoms with Gasteiger partial charge in [0.15, 0.2) is 0 Å². The van der Waals surface area contributed by atoms with Gasteiger partial charge in [0.05, 0.1) is 24.5 Å². The maximum Gasteiger partial charge on any atom is 0.0774 e. The Labute approximate surface area is 164 Å². The first-order valence-electron chi connectivity index (χ1n) is 9.11. The predicted octanol–water partition coefficient (Wildman–Crippen LogP) is 2.46. The summed E-state index contributed by atoms with van der Waals surface area (Å²) in [6.07, 6.45) is 8.31. The number of benzene rings is 2. The summed E-state index contributed by atoms with van der Waals surface area (Å²) in [4.78, 5) is 0. The monoisotopic (exact) mass is 372 g/mol. The second kappa shape index (κ2) is 7.26. The van der Waals surface area contributed by atoms with Crippen molar-refractivity contribution in [2.24, 2.45) is 11.7 Å². The lowest BCUT2D eigenvalue weighted by atomic mass is 9.97. The number of allylic oxidation sites excluding steroid dienone is 4. The van der Waals surface area contributed by atoms with Crippen molar-refractivity contribution in [3.05, 3.63) is 95.4 Å². The fourth-order valence-corrected chi connectivity index (χ4v) is 3.36.